The lowest BCUT2D eigenvalue weighted by atomic mass is 9.91. The Morgan fingerprint density at radius 3 is 2.30 bits per heavy atom. The number of esters is 1. The van der Waals surface area contributed by atoms with Crippen LogP contribution in [-0.2, 0) is 20.9 Å². The van der Waals surface area contributed by atoms with Crippen molar-refractivity contribution in [3.05, 3.63) is 96.1 Å². The van der Waals surface area contributed by atoms with Crippen molar-refractivity contribution in [2.24, 2.45) is 5.92 Å². The number of likely N-dealkylation sites (tertiary alicyclic amines) is 1. The minimum absolute atomic E-state index is 0.197. The molecule has 1 unspecified atom stereocenters. The average Bonchev–Trinajstić information content (AvgIpc) is 2.92. The second kappa shape index (κ2) is 13.5. The van der Waals surface area contributed by atoms with Crippen LogP contribution in [0.15, 0.2) is 84.9 Å². The summed E-state index contributed by atoms with van der Waals surface area (Å²) in [5, 5.41) is 6.46. The quantitative estimate of drug-likeness (QED) is 0.293. The Labute approximate surface area is 237 Å². The van der Waals surface area contributed by atoms with Crippen LogP contribution in [0.3, 0.4) is 0 Å². The van der Waals surface area contributed by atoms with E-state index in [4.69, 9.17) is 9.47 Å². The van der Waals surface area contributed by atoms with Gasteiger partial charge in [0.1, 0.15) is 12.2 Å². The van der Waals surface area contributed by atoms with Gasteiger partial charge < -0.3 is 19.7 Å². The molecule has 1 heterocycles. The molecule has 0 spiro atoms. The molecule has 3 atom stereocenters. The number of carbonyl (C=O) groups excluding carboxylic acids is 2. The summed E-state index contributed by atoms with van der Waals surface area (Å²) in [6, 6.07) is 27.7. The van der Waals surface area contributed by atoms with E-state index in [1.165, 1.54) is 0 Å². The molecule has 2 N–H and O–H groups in total. The molecule has 1 fully saturated rings. The van der Waals surface area contributed by atoms with Gasteiger partial charge in [-0.2, -0.15) is 0 Å². The summed E-state index contributed by atoms with van der Waals surface area (Å²) in [4.78, 5) is 27.8. The molecule has 0 radical (unpaired) electrons. The molecule has 1 aliphatic rings. The van der Waals surface area contributed by atoms with Crippen molar-refractivity contribution in [1.82, 2.24) is 4.90 Å². The predicted octanol–water partition coefficient (Wildman–Crippen LogP) is 6.68. The third-order valence-corrected chi connectivity index (χ3v) is 7.00. The van der Waals surface area contributed by atoms with Crippen molar-refractivity contribution in [2.45, 2.75) is 58.3 Å². The van der Waals surface area contributed by atoms with Crippen LogP contribution in [0.1, 0.15) is 51.2 Å². The van der Waals surface area contributed by atoms with Crippen LogP contribution < -0.4 is 10.6 Å². The van der Waals surface area contributed by atoms with Crippen LogP contribution in [0.25, 0.3) is 0 Å². The lowest BCUT2D eigenvalue weighted by Gasteiger charge is -2.39. The molecule has 0 bridgehead atoms. The molecule has 3 aromatic rings. The van der Waals surface area contributed by atoms with Crippen molar-refractivity contribution in [3.8, 4) is 0 Å². The van der Waals surface area contributed by atoms with Crippen LogP contribution in [0.2, 0.25) is 0 Å². The van der Waals surface area contributed by atoms with E-state index < -0.39 is 11.7 Å². The molecular weight excluding hydrogens is 502 g/mol. The highest BCUT2D eigenvalue weighted by Gasteiger charge is 2.31. The zero-order valence-corrected chi connectivity index (χ0v) is 23.9. The van der Waals surface area contributed by atoms with Crippen molar-refractivity contribution in [1.29, 1.82) is 0 Å². The number of nitrogens with one attached hydrogen (secondary N) is 2. The first-order valence-electron chi connectivity index (χ1n) is 14.0. The first-order chi connectivity index (χ1) is 19.2. The molecule has 7 nitrogen and oxygen atoms in total. The van der Waals surface area contributed by atoms with Crippen molar-refractivity contribution < 1.29 is 19.1 Å². The number of hydrogen-bond donors (Lipinski definition) is 2. The summed E-state index contributed by atoms with van der Waals surface area (Å²) >= 11 is 0. The van der Waals surface area contributed by atoms with Crippen molar-refractivity contribution in [2.75, 3.05) is 30.3 Å². The normalized spacial score (nSPS) is 18.4. The van der Waals surface area contributed by atoms with Gasteiger partial charge in [0.25, 0.3) is 0 Å². The molecule has 0 aliphatic carbocycles. The molecule has 3 aromatic carbocycles. The maximum absolute atomic E-state index is 13.3. The molecule has 40 heavy (non-hydrogen) atoms. The fourth-order valence-corrected chi connectivity index (χ4v) is 5.02. The summed E-state index contributed by atoms with van der Waals surface area (Å²) < 4.78 is 11.1. The monoisotopic (exact) mass is 543 g/mol. The first kappa shape index (κ1) is 29.2. The largest absolute Gasteiger partial charge is 0.460 e. The van der Waals surface area contributed by atoms with E-state index in [2.05, 4.69) is 22.5 Å². The first-order valence-corrected chi connectivity index (χ1v) is 14.0. The zero-order chi connectivity index (χ0) is 28.5. The van der Waals surface area contributed by atoms with E-state index in [9.17, 15) is 9.59 Å². The van der Waals surface area contributed by atoms with Crippen molar-refractivity contribution >= 4 is 23.4 Å². The van der Waals surface area contributed by atoms with E-state index in [1.807, 2.05) is 106 Å². The number of rotatable bonds is 9. The van der Waals surface area contributed by atoms with Crippen molar-refractivity contribution in [3.63, 3.8) is 0 Å². The Morgan fingerprint density at radius 1 is 0.950 bits per heavy atom. The molecule has 1 saturated heterocycles. The summed E-state index contributed by atoms with van der Waals surface area (Å²) in [6.45, 7) is 10.4. The lowest BCUT2D eigenvalue weighted by molar-refractivity contribution is -0.147. The van der Waals surface area contributed by atoms with Gasteiger partial charge in [0.05, 0.1) is 5.92 Å². The number of benzene rings is 3. The fourth-order valence-electron chi connectivity index (χ4n) is 5.02. The number of carbonyl (C=O) groups is 2. The molecule has 4 rings (SSSR count). The number of piperidine rings is 1. The maximum atomic E-state index is 13.3. The number of hydrogen-bond acceptors (Lipinski definition) is 6. The number of anilines is 2. The third-order valence-electron chi connectivity index (χ3n) is 7.00. The smallest absolute Gasteiger partial charge is 0.412 e. The van der Waals surface area contributed by atoms with Gasteiger partial charge in [-0.05, 0) is 62.4 Å². The van der Waals surface area contributed by atoms with Gasteiger partial charge >= 0.3 is 12.1 Å². The van der Waals surface area contributed by atoms with Gasteiger partial charge in [-0.3, -0.25) is 10.1 Å². The molecule has 1 aliphatic heterocycles. The van der Waals surface area contributed by atoms with Gasteiger partial charge in [0, 0.05) is 37.1 Å². The third kappa shape index (κ3) is 8.85. The lowest BCUT2D eigenvalue weighted by Crippen LogP contribution is -2.47. The van der Waals surface area contributed by atoms with E-state index >= 15 is 0 Å². The summed E-state index contributed by atoms with van der Waals surface area (Å²) in [7, 11) is 0. The summed E-state index contributed by atoms with van der Waals surface area (Å²) in [6.07, 6.45) is 0.465. The van der Waals surface area contributed by atoms with Gasteiger partial charge in [-0.1, -0.05) is 73.7 Å². The topological polar surface area (TPSA) is 79.9 Å². The zero-order valence-electron chi connectivity index (χ0n) is 23.9. The Bertz CT molecular complexity index is 1240. The average molecular weight is 544 g/mol. The minimum Gasteiger partial charge on any atom is -0.460 e. The SMILES string of the molecule is C[C@@H]1CN(CC(C(=O)OCc2ccccc2)c2ccccc2)CC[C@@H]1Nc1cccc(NC(=O)OC(C)(C)C)c1. The Hall–Kier alpha value is -3.84. The molecular formula is C33H41N3O4. The highest BCUT2D eigenvalue weighted by atomic mass is 16.6. The second-order valence-electron chi connectivity index (χ2n) is 11.5. The standard InChI is InChI=1S/C33H41N3O4/c1-24-21-36(19-18-30(24)34-27-16-11-17-28(20-27)35-32(38)40-33(2,3)4)22-29(26-14-9-6-10-15-26)31(37)39-23-25-12-7-5-8-13-25/h5-17,20,24,29-30,34H,18-19,21-23H2,1-4H3,(H,35,38)/t24-,29?,30+/m1/s1. The van der Waals surface area contributed by atoms with E-state index in [0.717, 1.165) is 36.3 Å². The second-order valence-corrected chi connectivity index (χ2v) is 11.5. The van der Waals surface area contributed by atoms with Crippen LogP contribution in [0.4, 0.5) is 16.2 Å². The molecule has 212 valence electrons. The van der Waals surface area contributed by atoms with Crippen LogP contribution in [0.5, 0.6) is 0 Å². The maximum Gasteiger partial charge on any atom is 0.412 e. The van der Waals surface area contributed by atoms with Crippen LogP contribution in [-0.4, -0.2) is 48.2 Å². The minimum atomic E-state index is -0.554. The number of nitrogens with zero attached hydrogens (tertiary/aromatic N) is 1. The van der Waals surface area contributed by atoms with Gasteiger partial charge in [-0.15, -0.1) is 0 Å². The fraction of sp³-hybridized carbons (Fsp3) is 0.394. The van der Waals surface area contributed by atoms with Gasteiger partial charge in [0.2, 0.25) is 0 Å². The summed E-state index contributed by atoms with van der Waals surface area (Å²) in [5.41, 5.74) is 3.03. The van der Waals surface area contributed by atoms with E-state index in [-0.39, 0.29) is 24.5 Å². The predicted molar refractivity (Wildman–Crippen MR) is 159 cm³/mol. The van der Waals surface area contributed by atoms with Crippen LogP contribution in [0, 0.1) is 5.92 Å². The highest BCUT2D eigenvalue weighted by molar-refractivity contribution is 5.85. The molecule has 0 aromatic heterocycles. The van der Waals surface area contributed by atoms with Crippen LogP contribution >= 0.6 is 0 Å². The summed E-state index contributed by atoms with van der Waals surface area (Å²) in [5.74, 6) is -0.192. The number of ether oxygens (including phenoxy) is 2. The Balaban J connectivity index is 1.34. The Morgan fingerprint density at radius 2 is 1.62 bits per heavy atom. The molecule has 0 saturated carbocycles. The van der Waals surface area contributed by atoms with Gasteiger partial charge in [0.15, 0.2) is 0 Å². The highest BCUT2D eigenvalue weighted by Crippen LogP contribution is 2.27. The van der Waals surface area contributed by atoms with E-state index in [1.54, 1.807) is 0 Å². The van der Waals surface area contributed by atoms with E-state index in [0.29, 0.717) is 18.2 Å². The molecule has 7 heteroatoms. The number of amides is 1. The Kier molecular flexibility index (Phi) is 9.83. The van der Waals surface area contributed by atoms with Gasteiger partial charge in [-0.25, -0.2) is 4.79 Å². The molecule has 1 amide bonds.